The van der Waals surface area contributed by atoms with Crippen molar-refractivity contribution in [2.75, 3.05) is 19.6 Å². The van der Waals surface area contributed by atoms with Crippen LogP contribution in [-0.2, 0) is 5.41 Å². The summed E-state index contributed by atoms with van der Waals surface area (Å²) in [7, 11) is 0. The molecule has 139 heavy (non-hydrogen) atoms. The second kappa shape index (κ2) is 33.3. The molecule has 0 bridgehead atoms. The zero-order valence-corrected chi connectivity index (χ0v) is 78.7. The summed E-state index contributed by atoms with van der Waals surface area (Å²) in [6.45, 7) is 6.24. The summed E-state index contributed by atoms with van der Waals surface area (Å²) >= 11 is 3.98. The molecule has 27 rings (SSSR count). The molecule has 650 valence electrons. The fourth-order valence-electron chi connectivity index (χ4n) is 23.2. The normalized spacial score (nSPS) is 13.1. The van der Waals surface area contributed by atoms with Gasteiger partial charge in [-0.15, -0.1) is 0 Å². The molecule has 0 aliphatic carbocycles. The summed E-state index contributed by atoms with van der Waals surface area (Å²) in [4.78, 5) is 16.0. The third-order valence-corrected chi connectivity index (χ3v) is 32.0. The van der Waals surface area contributed by atoms with Gasteiger partial charge in [-0.05, 0) is 188 Å². The first-order valence-corrected chi connectivity index (χ1v) is 50.0. The van der Waals surface area contributed by atoms with Gasteiger partial charge in [0.15, 0.2) is 0 Å². The minimum atomic E-state index is -0.458. The number of rotatable bonds is 14. The van der Waals surface area contributed by atoms with Gasteiger partial charge >= 0.3 is 0 Å². The first-order valence-electron chi connectivity index (χ1n) is 48.4. The van der Waals surface area contributed by atoms with Gasteiger partial charge in [-0.1, -0.05) is 480 Å². The van der Waals surface area contributed by atoms with Crippen LogP contribution in [0.25, 0.3) is 111 Å². The molecule has 0 N–H and O–H groups in total. The van der Waals surface area contributed by atoms with Gasteiger partial charge < -0.3 is 19.6 Å². The smallest absolute Gasteiger partial charge is 0.255 e. The van der Waals surface area contributed by atoms with E-state index in [1.165, 1.54) is 96.6 Å². The zero-order valence-electron chi connectivity index (χ0n) is 77.0. The molecular weight excluding hydrogens is 1710 g/mol. The third-order valence-electron chi connectivity index (χ3n) is 29.5. The van der Waals surface area contributed by atoms with E-state index in [4.69, 9.17) is 0 Å². The van der Waals surface area contributed by atoms with Crippen molar-refractivity contribution in [1.82, 2.24) is 0 Å². The Morgan fingerprint density at radius 1 is 0.173 bits per heavy atom. The lowest BCUT2D eigenvalue weighted by atomic mass is 9.29. The van der Waals surface area contributed by atoms with E-state index in [1.807, 2.05) is 23.5 Å². The molecule has 9 heteroatoms. The Morgan fingerprint density at radius 2 is 0.424 bits per heavy atom. The van der Waals surface area contributed by atoms with Gasteiger partial charge in [0.25, 0.3) is 6.71 Å². The molecule has 0 saturated carbocycles. The molecule has 21 aromatic rings. The standard InChI is InChI=1S/C130H89B3N4S2/c1-130(2,3)98-80-113-121-114(81-98)135(110-67-37-35-61-100(110)89-50-24-9-25-51-89)116-83-118-123-129(139-120-75-71-95(85-42-16-5-17-43-85)77-108(120)132(123)106-73-69-97(87-46-20-7-21-47-87)79-112(106)137(118)127-103(92-56-30-12-31-57-92)64-39-65-104(127)93-58-32-13-33-59-93)125(116)133(121)124-115(134(113)109-66-36-34-60-99(109)88-48-22-8-23-49-88)82-117-122-128(124)138-119-74-70-94(84-40-14-4-15-41-84)76-107(119)131(122)105-72-68-96(86-44-18-6-19-45-86)78-111(105)136(117)126-101(90-52-26-10-27-53-90)62-38-63-102(126)91-54-28-11-29-55-91/h4-83H,1-3H3. The van der Waals surface area contributed by atoms with Crippen molar-refractivity contribution < 1.29 is 0 Å². The third kappa shape index (κ3) is 13.5. The van der Waals surface area contributed by atoms with Crippen LogP contribution in [-0.4, -0.2) is 20.1 Å². The summed E-state index contributed by atoms with van der Waals surface area (Å²) in [6, 6.07) is 185. The second-order valence-electron chi connectivity index (χ2n) is 38.3. The maximum Gasteiger partial charge on any atom is 0.255 e. The van der Waals surface area contributed by atoms with Crippen molar-refractivity contribution >= 4 is 161 Å². The Kier molecular flexibility index (Phi) is 19.7. The monoisotopic (exact) mass is 1800 g/mol. The van der Waals surface area contributed by atoms with E-state index >= 15 is 0 Å². The predicted octanol–water partition coefficient (Wildman–Crippen LogP) is 29.3. The lowest BCUT2D eigenvalue weighted by Crippen LogP contribution is -2.68. The Labute approximate surface area is 822 Å². The van der Waals surface area contributed by atoms with Crippen molar-refractivity contribution in [3.05, 3.63) is 491 Å². The van der Waals surface area contributed by atoms with E-state index in [0.717, 1.165) is 157 Å². The van der Waals surface area contributed by atoms with Gasteiger partial charge in [0.1, 0.15) is 0 Å². The van der Waals surface area contributed by atoms with Gasteiger partial charge in [0.2, 0.25) is 13.4 Å². The molecule has 6 aliphatic heterocycles. The number of para-hydroxylation sites is 4. The van der Waals surface area contributed by atoms with Crippen molar-refractivity contribution in [3.8, 4) is 111 Å². The van der Waals surface area contributed by atoms with Gasteiger partial charge in [-0.3, -0.25) is 0 Å². The maximum atomic E-state index is 2.78. The Morgan fingerprint density at radius 3 is 0.741 bits per heavy atom. The highest BCUT2D eigenvalue weighted by Crippen LogP contribution is 2.59. The molecule has 0 atom stereocenters. The highest BCUT2D eigenvalue weighted by atomic mass is 32.2. The Hall–Kier alpha value is -16.3. The van der Waals surface area contributed by atoms with Crippen LogP contribution < -0.4 is 68.8 Å². The summed E-state index contributed by atoms with van der Waals surface area (Å²) < 4.78 is 0. The van der Waals surface area contributed by atoms with Crippen molar-refractivity contribution in [3.63, 3.8) is 0 Å². The quantitative estimate of drug-likeness (QED) is 0.0999. The molecule has 0 unspecified atom stereocenters. The van der Waals surface area contributed by atoms with Crippen LogP contribution in [0.3, 0.4) is 0 Å². The summed E-state index contributed by atoms with van der Waals surface area (Å²) in [5.41, 5.74) is 48.5. The minimum Gasteiger partial charge on any atom is -0.311 e. The van der Waals surface area contributed by atoms with Crippen LogP contribution in [0, 0.1) is 0 Å². The molecule has 0 spiro atoms. The topological polar surface area (TPSA) is 13.0 Å². The number of fused-ring (bicyclic) bond motifs is 14. The van der Waals surface area contributed by atoms with Crippen LogP contribution in [0.4, 0.5) is 68.2 Å². The minimum absolute atomic E-state index is 0.289. The fraction of sp³-hybridized carbons (Fsp3) is 0.0308. The number of nitrogens with zero attached hydrogens (tertiary/aromatic N) is 4. The fourth-order valence-corrected chi connectivity index (χ4v) is 25.9. The van der Waals surface area contributed by atoms with Gasteiger partial charge in [0, 0.05) is 98.5 Å². The SMILES string of the molecule is CC(C)(C)c1cc2c3c(c1)N(c1ccccc1-c1ccccc1)c1cc4c5c(c1B3c1c(cc3c6c1Sc1ccc(-c7ccccc7)cc1B6c1ccc(-c6ccccc6)cc1N3c1c(-c3ccccc3)cccc1-c1ccccc1)N2c1ccccc1-c1ccccc1)Sc1ccc(-c2ccccc2)cc1B5c1ccc(-c2ccccc2)cc1N4c1c(-c2ccccc2)cccc1-c1ccccc1. The average molecular weight is 1800 g/mol. The van der Waals surface area contributed by atoms with E-state index < -0.39 is 12.1 Å². The van der Waals surface area contributed by atoms with Crippen LogP contribution in [0.1, 0.15) is 26.3 Å². The Bertz CT molecular complexity index is 7880. The lowest BCUT2D eigenvalue weighted by Gasteiger charge is -2.50. The average Bonchev–Trinajstić information content (AvgIpc) is 0.662. The van der Waals surface area contributed by atoms with E-state index in [0.29, 0.717) is 0 Å². The van der Waals surface area contributed by atoms with Crippen LogP contribution in [0.15, 0.2) is 505 Å². The van der Waals surface area contributed by atoms with E-state index in [9.17, 15) is 0 Å². The largest absolute Gasteiger partial charge is 0.311 e. The number of anilines is 12. The highest BCUT2D eigenvalue weighted by molar-refractivity contribution is 8.00. The molecule has 21 aromatic carbocycles. The van der Waals surface area contributed by atoms with Crippen LogP contribution >= 0.6 is 23.5 Å². The zero-order chi connectivity index (χ0) is 92.1. The van der Waals surface area contributed by atoms with Gasteiger partial charge in [-0.2, -0.15) is 0 Å². The maximum absolute atomic E-state index is 2.78. The van der Waals surface area contributed by atoms with E-state index in [-0.39, 0.29) is 13.4 Å². The number of benzene rings is 21. The van der Waals surface area contributed by atoms with Gasteiger partial charge in [0.05, 0.1) is 22.7 Å². The first kappa shape index (κ1) is 82.2. The molecule has 6 heterocycles. The second-order valence-corrected chi connectivity index (χ2v) is 40.4. The highest BCUT2D eigenvalue weighted by Gasteiger charge is 2.55. The predicted molar refractivity (Wildman–Crippen MR) is 593 cm³/mol. The van der Waals surface area contributed by atoms with Crippen molar-refractivity contribution in [2.45, 2.75) is 45.8 Å². The Balaban J connectivity index is 0.855. The summed E-state index contributed by atoms with van der Waals surface area (Å²) in [5, 5.41) is 0. The van der Waals surface area contributed by atoms with E-state index in [1.54, 1.807) is 0 Å². The van der Waals surface area contributed by atoms with Gasteiger partial charge in [-0.25, -0.2) is 0 Å². The molecule has 4 nitrogen and oxygen atoms in total. The molecule has 6 aliphatic rings. The van der Waals surface area contributed by atoms with Crippen molar-refractivity contribution in [1.29, 1.82) is 0 Å². The van der Waals surface area contributed by atoms with Crippen molar-refractivity contribution in [2.24, 2.45) is 0 Å². The number of hydrogen-bond donors (Lipinski definition) is 0. The van der Waals surface area contributed by atoms with E-state index in [2.05, 4.69) is 526 Å². The number of hydrogen-bond acceptors (Lipinski definition) is 6. The van der Waals surface area contributed by atoms with Crippen LogP contribution in [0.5, 0.6) is 0 Å². The molecular formula is C130H89B3N4S2. The molecule has 0 radical (unpaired) electrons. The first-order chi connectivity index (χ1) is 68.7. The lowest BCUT2D eigenvalue weighted by molar-refractivity contribution is 0.590. The molecule has 0 saturated heterocycles. The summed E-state index contributed by atoms with van der Waals surface area (Å²) in [5.74, 6) is 0. The molecule has 0 amide bonds. The van der Waals surface area contributed by atoms with Crippen LogP contribution in [0.2, 0.25) is 0 Å². The molecule has 0 fully saturated rings. The summed E-state index contributed by atoms with van der Waals surface area (Å²) in [6.07, 6.45) is 0. The molecule has 0 aromatic heterocycles.